The molecule has 0 N–H and O–H groups in total. The van der Waals surface area contributed by atoms with Gasteiger partial charge in [-0.1, -0.05) is 24.6 Å². The molecule has 1 aromatic rings. The van der Waals surface area contributed by atoms with E-state index in [1.54, 1.807) is 0 Å². The molecule has 0 saturated carbocycles. The maximum atomic E-state index is 3.12. The Morgan fingerprint density at radius 3 is 2.77 bits per heavy atom. The molecule has 1 aliphatic heterocycles. The van der Waals surface area contributed by atoms with Crippen molar-refractivity contribution >= 4 is 0 Å². The molecule has 69 valence electrons. The lowest BCUT2D eigenvalue weighted by atomic mass is 10.1. The van der Waals surface area contributed by atoms with E-state index in [4.69, 9.17) is 0 Å². The highest BCUT2D eigenvalue weighted by Crippen LogP contribution is 2.12. The quantitative estimate of drug-likeness (QED) is 0.665. The van der Waals surface area contributed by atoms with Gasteiger partial charge in [-0.25, -0.2) is 0 Å². The van der Waals surface area contributed by atoms with E-state index in [0.717, 1.165) is 6.54 Å². The lowest BCUT2D eigenvalue weighted by Crippen LogP contribution is -2.28. The van der Waals surface area contributed by atoms with Gasteiger partial charge in [-0.05, 0) is 43.6 Å². The van der Waals surface area contributed by atoms with Crippen LogP contribution < -0.4 is 0 Å². The normalized spacial score (nSPS) is 18.8. The third-order valence-corrected chi connectivity index (χ3v) is 2.63. The van der Waals surface area contributed by atoms with Crippen LogP contribution in [0.5, 0.6) is 0 Å². The van der Waals surface area contributed by atoms with Crippen LogP contribution in [0.25, 0.3) is 0 Å². The molecule has 1 aromatic carbocycles. The number of hydrogen-bond acceptors (Lipinski definition) is 1. The number of hydrogen-bond donors (Lipinski definition) is 0. The first-order valence-electron chi connectivity index (χ1n) is 5.12. The Bertz CT molecular complexity index is 237. The van der Waals surface area contributed by atoms with Crippen molar-refractivity contribution in [1.29, 1.82) is 0 Å². The highest BCUT2D eigenvalue weighted by molar-refractivity contribution is 5.13. The molecular weight excluding hydrogens is 158 g/mol. The van der Waals surface area contributed by atoms with Crippen molar-refractivity contribution in [2.45, 2.75) is 25.8 Å². The first-order valence-corrected chi connectivity index (χ1v) is 5.12. The summed E-state index contributed by atoms with van der Waals surface area (Å²) < 4.78 is 0. The van der Waals surface area contributed by atoms with Gasteiger partial charge in [-0.15, -0.1) is 0 Å². The second-order valence-electron chi connectivity index (χ2n) is 3.75. The standard InChI is InChI=1S/C12H16N/c1-3-7-12(8-4-1)11-13-9-5-2-6-10-13/h1,3,7-8H,2,5-6,9-11H2. The van der Waals surface area contributed by atoms with E-state index >= 15 is 0 Å². The minimum atomic E-state index is 1.11. The second-order valence-corrected chi connectivity index (χ2v) is 3.75. The monoisotopic (exact) mass is 174 g/mol. The van der Waals surface area contributed by atoms with Gasteiger partial charge in [0.25, 0.3) is 0 Å². The van der Waals surface area contributed by atoms with Crippen molar-refractivity contribution in [2.24, 2.45) is 0 Å². The molecule has 1 saturated heterocycles. The summed E-state index contributed by atoms with van der Waals surface area (Å²) in [5, 5.41) is 0. The van der Waals surface area contributed by atoms with Crippen molar-refractivity contribution in [3.05, 3.63) is 35.9 Å². The molecule has 1 nitrogen and oxygen atoms in total. The molecule has 1 heterocycles. The highest BCUT2D eigenvalue weighted by Gasteiger charge is 2.09. The highest BCUT2D eigenvalue weighted by atomic mass is 15.1. The van der Waals surface area contributed by atoms with Crippen LogP contribution in [0.1, 0.15) is 24.8 Å². The average Bonchev–Trinajstić information content (AvgIpc) is 2.21. The van der Waals surface area contributed by atoms with Crippen molar-refractivity contribution < 1.29 is 0 Å². The Morgan fingerprint density at radius 2 is 2.08 bits per heavy atom. The Labute approximate surface area is 80.4 Å². The van der Waals surface area contributed by atoms with Crippen LogP contribution in [0.15, 0.2) is 24.3 Å². The maximum absolute atomic E-state index is 3.12. The molecule has 0 atom stereocenters. The van der Waals surface area contributed by atoms with Crippen molar-refractivity contribution in [2.75, 3.05) is 13.1 Å². The topological polar surface area (TPSA) is 3.24 Å². The number of benzene rings is 1. The fraction of sp³-hybridized carbons (Fsp3) is 0.500. The van der Waals surface area contributed by atoms with Crippen molar-refractivity contribution in [3.63, 3.8) is 0 Å². The van der Waals surface area contributed by atoms with Gasteiger partial charge in [0, 0.05) is 6.54 Å². The summed E-state index contributed by atoms with van der Waals surface area (Å²) in [6.45, 7) is 3.65. The molecule has 0 aliphatic carbocycles. The molecular formula is C12H16N. The van der Waals surface area contributed by atoms with Crippen LogP contribution in [0.3, 0.4) is 0 Å². The third kappa shape index (κ3) is 2.56. The molecule has 13 heavy (non-hydrogen) atoms. The fourth-order valence-electron chi connectivity index (χ4n) is 1.90. The van der Waals surface area contributed by atoms with Crippen LogP contribution in [0, 0.1) is 6.07 Å². The molecule has 1 radical (unpaired) electrons. The van der Waals surface area contributed by atoms with Gasteiger partial charge in [-0.3, -0.25) is 4.90 Å². The molecule has 0 aromatic heterocycles. The summed E-state index contributed by atoms with van der Waals surface area (Å²) in [6.07, 6.45) is 4.16. The fourth-order valence-corrected chi connectivity index (χ4v) is 1.90. The Hall–Kier alpha value is -0.820. The van der Waals surface area contributed by atoms with Crippen LogP contribution in [-0.4, -0.2) is 18.0 Å². The third-order valence-electron chi connectivity index (χ3n) is 2.63. The van der Waals surface area contributed by atoms with E-state index in [9.17, 15) is 0 Å². The largest absolute Gasteiger partial charge is 0.299 e. The van der Waals surface area contributed by atoms with Gasteiger partial charge in [0.1, 0.15) is 0 Å². The van der Waals surface area contributed by atoms with Gasteiger partial charge in [0.2, 0.25) is 0 Å². The van der Waals surface area contributed by atoms with Gasteiger partial charge >= 0.3 is 0 Å². The summed E-state index contributed by atoms with van der Waals surface area (Å²) in [5.41, 5.74) is 1.39. The minimum Gasteiger partial charge on any atom is -0.299 e. The lowest BCUT2D eigenvalue weighted by molar-refractivity contribution is 0.221. The predicted octanol–water partition coefficient (Wildman–Crippen LogP) is 2.47. The first-order chi connectivity index (χ1) is 6.45. The zero-order valence-electron chi connectivity index (χ0n) is 8.00. The molecule has 0 amide bonds. The van der Waals surface area contributed by atoms with Crippen molar-refractivity contribution in [3.8, 4) is 0 Å². The summed E-state index contributed by atoms with van der Waals surface area (Å²) in [5.74, 6) is 0. The number of piperidine rings is 1. The minimum absolute atomic E-state index is 1.11. The Kier molecular flexibility index (Phi) is 2.98. The van der Waals surface area contributed by atoms with Crippen molar-refractivity contribution in [1.82, 2.24) is 4.90 Å². The van der Waals surface area contributed by atoms with E-state index in [1.165, 1.54) is 37.9 Å². The van der Waals surface area contributed by atoms with Gasteiger partial charge in [-0.2, -0.15) is 0 Å². The van der Waals surface area contributed by atoms with E-state index in [2.05, 4.69) is 29.2 Å². The zero-order chi connectivity index (χ0) is 8.93. The molecule has 0 bridgehead atoms. The Morgan fingerprint density at radius 1 is 1.23 bits per heavy atom. The first kappa shape index (κ1) is 8.76. The maximum Gasteiger partial charge on any atom is 0.0233 e. The number of likely N-dealkylation sites (tertiary alicyclic amines) is 1. The number of nitrogens with zero attached hydrogens (tertiary/aromatic N) is 1. The zero-order valence-corrected chi connectivity index (χ0v) is 8.00. The molecule has 0 unspecified atom stereocenters. The average molecular weight is 174 g/mol. The van der Waals surface area contributed by atoms with Gasteiger partial charge in [0.05, 0.1) is 0 Å². The number of rotatable bonds is 2. The van der Waals surface area contributed by atoms with Crippen LogP contribution in [-0.2, 0) is 6.54 Å². The smallest absolute Gasteiger partial charge is 0.0233 e. The summed E-state index contributed by atoms with van der Waals surface area (Å²) in [6, 6.07) is 11.4. The van der Waals surface area contributed by atoms with Gasteiger partial charge in [0.15, 0.2) is 0 Å². The molecule has 2 rings (SSSR count). The van der Waals surface area contributed by atoms with Crippen LogP contribution >= 0.6 is 0 Å². The second kappa shape index (κ2) is 4.43. The van der Waals surface area contributed by atoms with E-state index < -0.39 is 0 Å². The molecule has 0 spiro atoms. The Balaban J connectivity index is 1.90. The lowest BCUT2D eigenvalue weighted by Gasteiger charge is -2.26. The van der Waals surface area contributed by atoms with Gasteiger partial charge < -0.3 is 0 Å². The predicted molar refractivity (Wildman–Crippen MR) is 54.4 cm³/mol. The van der Waals surface area contributed by atoms with Crippen LogP contribution in [0.4, 0.5) is 0 Å². The summed E-state index contributed by atoms with van der Waals surface area (Å²) in [7, 11) is 0. The molecule has 1 aliphatic rings. The van der Waals surface area contributed by atoms with E-state index in [1.807, 2.05) is 6.07 Å². The molecule has 1 fully saturated rings. The van der Waals surface area contributed by atoms with E-state index in [-0.39, 0.29) is 0 Å². The summed E-state index contributed by atoms with van der Waals surface area (Å²) in [4.78, 5) is 2.53. The van der Waals surface area contributed by atoms with E-state index in [0.29, 0.717) is 0 Å². The van der Waals surface area contributed by atoms with Crippen LogP contribution in [0.2, 0.25) is 0 Å². The summed E-state index contributed by atoms with van der Waals surface area (Å²) >= 11 is 0. The molecule has 1 heteroatoms. The SMILES string of the molecule is [c]1cccc(CN2CCCCC2)c1.